The van der Waals surface area contributed by atoms with Crippen molar-refractivity contribution in [1.82, 2.24) is 9.55 Å². The van der Waals surface area contributed by atoms with E-state index in [1.165, 1.54) is 5.56 Å². The van der Waals surface area contributed by atoms with Gasteiger partial charge >= 0.3 is 0 Å². The van der Waals surface area contributed by atoms with Crippen LogP contribution in [0.5, 0.6) is 34.5 Å². The summed E-state index contributed by atoms with van der Waals surface area (Å²) in [6.07, 6.45) is 1.90. The van der Waals surface area contributed by atoms with Crippen LogP contribution >= 0.6 is 11.8 Å². The minimum Gasteiger partial charge on any atom is -0.509 e. The van der Waals surface area contributed by atoms with Crippen molar-refractivity contribution in [1.29, 1.82) is 0 Å². The fourth-order valence-electron chi connectivity index (χ4n) is 9.50. The molecule has 0 atom stereocenters. The molecule has 6 heterocycles. The molecular formula is C56H42N5O3PtS-3. The van der Waals surface area contributed by atoms with Crippen LogP contribution < -0.4 is 28.9 Å². The molecule has 0 saturated heterocycles. The molecule has 7 aromatic carbocycles. The molecule has 4 aliphatic rings. The van der Waals surface area contributed by atoms with Crippen LogP contribution in [0.3, 0.4) is 0 Å². The van der Waals surface area contributed by atoms with Gasteiger partial charge in [-0.3, -0.25) is 4.90 Å². The summed E-state index contributed by atoms with van der Waals surface area (Å²) in [7, 11) is 0. The Balaban J connectivity index is 0.00000456. The van der Waals surface area contributed by atoms with Gasteiger partial charge in [-0.05, 0) is 76.4 Å². The molecular weight excluding hydrogens is 1020 g/mol. The molecule has 8 nitrogen and oxygen atoms in total. The van der Waals surface area contributed by atoms with Gasteiger partial charge in [0.15, 0.2) is 23.0 Å². The number of anilines is 7. The van der Waals surface area contributed by atoms with E-state index in [1.807, 2.05) is 24.4 Å². The van der Waals surface area contributed by atoms with Gasteiger partial charge in [0.25, 0.3) is 0 Å². The average Bonchev–Trinajstić information content (AvgIpc) is 3.85. The topological polar surface area (TPSA) is 55.2 Å². The maximum atomic E-state index is 6.83. The Morgan fingerprint density at radius 1 is 0.591 bits per heavy atom. The van der Waals surface area contributed by atoms with Crippen LogP contribution in [0.4, 0.5) is 39.8 Å². The Bertz CT molecular complexity index is 3420. The van der Waals surface area contributed by atoms with E-state index in [9.17, 15) is 0 Å². The second-order valence-electron chi connectivity index (χ2n) is 19.0. The number of para-hydroxylation sites is 5. The van der Waals surface area contributed by atoms with Crippen LogP contribution in [-0.2, 0) is 31.9 Å². The van der Waals surface area contributed by atoms with Gasteiger partial charge in [0, 0.05) is 83.3 Å². The molecule has 2 aromatic heterocycles. The summed E-state index contributed by atoms with van der Waals surface area (Å²) in [5, 5.41) is 2.21. The van der Waals surface area contributed by atoms with E-state index in [0.29, 0.717) is 11.5 Å². The van der Waals surface area contributed by atoms with Crippen molar-refractivity contribution in [3.63, 3.8) is 0 Å². The number of aromatic nitrogens is 2. The molecule has 9 aromatic rings. The summed E-state index contributed by atoms with van der Waals surface area (Å²) in [4.78, 5) is 13.9. The van der Waals surface area contributed by atoms with Gasteiger partial charge < -0.3 is 28.6 Å². The first-order valence-electron chi connectivity index (χ1n) is 21.9. The quantitative estimate of drug-likeness (QED) is 0.158. The number of hydrogen-bond donors (Lipinski definition) is 0. The van der Waals surface area contributed by atoms with Crippen LogP contribution in [0.25, 0.3) is 27.6 Å². The first kappa shape index (κ1) is 40.8. The fourth-order valence-corrected chi connectivity index (χ4v) is 10.6. The minimum absolute atomic E-state index is 0. The molecule has 0 amide bonds. The van der Waals surface area contributed by atoms with Gasteiger partial charge in [-0.2, -0.15) is 6.07 Å². The number of benzene rings is 7. The van der Waals surface area contributed by atoms with Crippen molar-refractivity contribution in [2.24, 2.45) is 0 Å². The molecule has 0 bridgehead atoms. The van der Waals surface area contributed by atoms with E-state index in [-0.39, 0.29) is 31.9 Å². The van der Waals surface area contributed by atoms with Crippen LogP contribution in [0.15, 0.2) is 149 Å². The predicted molar refractivity (Wildman–Crippen MR) is 261 cm³/mol. The predicted octanol–water partition coefficient (Wildman–Crippen LogP) is 15.7. The summed E-state index contributed by atoms with van der Waals surface area (Å²) in [5.74, 6) is 5.15. The fraction of sp³-hybridized carbons (Fsp3) is 0.143. The summed E-state index contributed by atoms with van der Waals surface area (Å²) in [6.45, 7) is 15.5. The molecule has 0 unspecified atom stereocenters. The second kappa shape index (κ2) is 14.7. The Morgan fingerprint density at radius 3 is 1.95 bits per heavy atom. The van der Waals surface area contributed by atoms with E-state index < -0.39 is 0 Å². The van der Waals surface area contributed by atoms with Crippen molar-refractivity contribution in [2.75, 3.05) is 14.7 Å². The second-order valence-corrected chi connectivity index (χ2v) is 20.1. The molecule has 0 aliphatic carbocycles. The van der Waals surface area contributed by atoms with Gasteiger partial charge in [0.2, 0.25) is 0 Å². The number of rotatable bonds is 5. The Hall–Kier alpha value is -6.67. The number of hydrogen-bond acceptors (Lipinski definition) is 8. The molecule has 0 radical (unpaired) electrons. The standard InChI is InChI=1S/C56H42N5O3S.Pt/c1-55(2,3)33-23-24-57-51(27-33)60-41-14-8-7-13-39(41)40-22-21-37(31-44(40)60)62-38-26-34(56(4,5)6)25-35(28-38)58-32-59(43-16-10-9-15-42(43)58)36-29-47-52-48(30-36)64-46-18-12-20-50-54(46)61(52)53-45(63-47)17-11-19-49(53)65-50;/h7-27,29-30,32H,1-6H3;/q-3;. The molecule has 328 valence electrons. The van der Waals surface area contributed by atoms with Crippen molar-refractivity contribution in [2.45, 2.75) is 62.2 Å². The van der Waals surface area contributed by atoms with Gasteiger partial charge in [-0.1, -0.05) is 101 Å². The maximum absolute atomic E-state index is 6.83. The van der Waals surface area contributed by atoms with Gasteiger partial charge in [-0.25, -0.2) is 4.98 Å². The van der Waals surface area contributed by atoms with E-state index in [4.69, 9.17) is 19.2 Å². The number of nitrogens with zero attached hydrogens (tertiary/aromatic N) is 5. The number of fused-ring (bicyclic) bond motifs is 4. The summed E-state index contributed by atoms with van der Waals surface area (Å²) >= 11 is 1.75. The number of pyridine rings is 1. The summed E-state index contributed by atoms with van der Waals surface area (Å²) < 4.78 is 22.5. The van der Waals surface area contributed by atoms with Gasteiger partial charge in [-0.15, -0.1) is 53.6 Å². The molecule has 0 N–H and O–H groups in total. The van der Waals surface area contributed by atoms with Crippen LogP contribution in [0.1, 0.15) is 52.7 Å². The zero-order valence-corrected chi connectivity index (χ0v) is 40.1. The molecule has 66 heavy (non-hydrogen) atoms. The monoisotopic (exact) mass is 1060 g/mol. The average molecular weight is 1060 g/mol. The third kappa shape index (κ3) is 6.27. The first-order chi connectivity index (χ1) is 31.4. The Kier molecular flexibility index (Phi) is 9.07. The number of ether oxygens (including phenoxy) is 3. The first-order valence-corrected chi connectivity index (χ1v) is 22.7. The summed E-state index contributed by atoms with van der Waals surface area (Å²) in [5.41, 5.74) is 10.9. The third-order valence-electron chi connectivity index (χ3n) is 12.8. The van der Waals surface area contributed by atoms with Gasteiger partial charge in [0.05, 0.1) is 0 Å². The van der Waals surface area contributed by atoms with E-state index >= 15 is 0 Å². The zero-order valence-electron chi connectivity index (χ0n) is 37.0. The van der Waals surface area contributed by atoms with E-state index in [1.54, 1.807) is 11.8 Å². The molecule has 0 fully saturated rings. The third-order valence-corrected chi connectivity index (χ3v) is 13.9. The molecule has 10 heteroatoms. The minimum atomic E-state index is -0.195. The van der Waals surface area contributed by atoms with E-state index in [2.05, 4.69) is 195 Å². The molecule has 0 saturated carbocycles. The smallest absolute Gasteiger partial charge is 0.157 e. The molecule has 13 rings (SSSR count). The van der Waals surface area contributed by atoms with Crippen molar-refractivity contribution in [3.05, 3.63) is 170 Å². The SMILES string of the molecule is CC(C)(C)c1cc(Oc2[c-]c3c(cc2)c2ccccc2n3-c2cc(C(C)(C)C)ccn2)[c-]c(N2[CH-]N(c3cc4c5c(c3)Oc3cccc6c3N5c3c(cccc3S6)O4)c3ccccc32)c1.[Pt]. The largest absolute Gasteiger partial charge is 0.509 e. The zero-order chi connectivity index (χ0) is 43.9. The normalized spacial score (nSPS) is 14.1. The Labute approximate surface area is 402 Å². The molecule has 4 aliphatic heterocycles. The van der Waals surface area contributed by atoms with Crippen LogP contribution in [0, 0.1) is 18.8 Å². The summed E-state index contributed by atoms with van der Waals surface area (Å²) in [6, 6.07) is 53.7. The molecule has 0 spiro atoms. The van der Waals surface area contributed by atoms with E-state index in [0.717, 1.165) is 106 Å². The maximum Gasteiger partial charge on any atom is 0.157 e. The van der Waals surface area contributed by atoms with Crippen molar-refractivity contribution >= 4 is 73.4 Å². The van der Waals surface area contributed by atoms with Crippen LogP contribution in [-0.4, -0.2) is 9.55 Å². The van der Waals surface area contributed by atoms with Crippen LogP contribution in [0.2, 0.25) is 0 Å². The van der Waals surface area contributed by atoms with Crippen molar-refractivity contribution in [3.8, 4) is 40.3 Å². The van der Waals surface area contributed by atoms with Gasteiger partial charge in [0.1, 0.15) is 22.9 Å². The van der Waals surface area contributed by atoms with Crippen molar-refractivity contribution < 1.29 is 35.3 Å². The Morgan fingerprint density at radius 2 is 1.26 bits per heavy atom.